The van der Waals surface area contributed by atoms with Crippen LogP contribution in [0.15, 0.2) is 0 Å². The Labute approximate surface area is 94.1 Å². The van der Waals surface area contributed by atoms with E-state index in [0.29, 0.717) is 0 Å². The summed E-state index contributed by atoms with van der Waals surface area (Å²) in [7, 11) is 0. The van der Waals surface area contributed by atoms with Gasteiger partial charge in [-0.3, -0.25) is 4.79 Å². The number of nitrogens with zero attached hydrogens (tertiary/aromatic N) is 2. The molecule has 0 atom stereocenters. The number of amides is 1. The number of carbonyl (C=O) groups excluding carboxylic acids is 1. The topological polar surface area (TPSA) is 33.2 Å². The number of aryl methyl sites for hydroxylation is 2. The van der Waals surface area contributed by atoms with Crippen molar-refractivity contribution in [2.45, 2.75) is 33.1 Å². The first-order chi connectivity index (χ1) is 7.18. The van der Waals surface area contributed by atoms with Crippen LogP contribution in [-0.2, 0) is 0 Å². The van der Waals surface area contributed by atoms with Crippen LogP contribution in [0.4, 0.5) is 0 Å². The molecule has 0 spiro atoms. The van der Waals surface area contributed by atoms with Gasteiger partial charge in [-0.1, -0.05) is 0 Å². The summed E-state index contributed by atoms with van der Waals surface area (Å²) in [5.74, 6) is 0.179. The van der Waals surface area contributed by atoms with Crippen LogP contribution in [0, 0.1) is 13.8 Å². The lowest BCUT2D eigenvalue weighted by Gasteiger charge is -2.26. The molecule has 1 amide bonds. The van der Waals surface area contributed by atoms with Crippen molar-refractivity contribution >= 4 is 17.2 Å². The minimum Gasteiger partial charge on any atom is -0.338 e. The molecule has 1 aromatic rings. The van der Waals surface area contributed by atoms with Crippen molar-refractivity contribution in [2.24, 2.45) is 0 Å². The minimum absolute atomic E-state index is 0.179. The van der Waals surface area contributed by atoms with E-state index in [1.54, 1.807) is 0 Å². The number of hydrogen-bond donors (Lipinski definition) is 0. The molecule has 0 saturated carbocycles. The Morgan fingerprint density at radius 3 is 2.47 bits per heavy atom. The van der Waals surface area contributed by atoms with E-state index >= 15 is 0 Å². The summed E-state index contributed by atoms with van der Waals surface area (Å²) in [5.41, 5.74) is 0.882. The van der Waals surface area contributed by atoms with E-state index in [1.165, 1.54) is 17.8 Å². The van der Waals surface area contributed by atoms with Crippen LogP contribution in [0.2, 0.25) is 0 Å². The molecule has 2 heterocycles. The van der Waals surface area contributed by atoms with Crippen molar-refractivity contribution < 1.29 is 4.79 Å². The lowest BCUT2D eigenvalue weighted by Crippen LogP contribution is -2.35. The van der Waals surface area contributed by atoms with Crippen LogP contribution in [0.5, 0.6) is 0 Å². The van der Waals surface area contributed by atoms with Crippen LogP contribution in [0.3, 0.4) is 0 Å². The molecule has 2 rings (SSSR count). The fraction of sp³-hybridized carbons (Fsp3) is 0.636. The second-order valence-electron chi connectivity index (χ2n) is 4.00. The molecule has 0 bridgehead atoms. The molecular weight excluding hydrogens is 208 g/mol. The summed E-state index contributed by atoms with van der Waals surface area (Å²) in [6, 6.07) is 0. The zero-order chi connectivity index (χ0) is 10.8. The fourth-order valence-electron chi connectivity index (χ4n) is 1.97. The summed E-state index contributed by atoms with van der Waals surface area (Å²) in [6.45, 7) is 5.69. The predicted octanol–water partition coefficient (Wildman–Crippen LogP) is 2.39. The maximum absolute atomic E-state index is 12.1. The molecule has 15 heavy (non-hydrogen) atoms. The molecule has 4 heteroatoms. The Balaban J connectivity index is 2.16. The summed E-state index contributed by atoms with van der Waals surface area (Å²) < 4.78 is 0. The highest BCUT2D eigenvalue weighted by molar-refractivity contribution is 7.13. The summed E-state index contributed by atoms with van der Waals surface area (Å²) in [5, 5.41) is 0.979. The van der Waals surface area contributed by atoms with Gasteiger partial charge in [-0.15, -0.1) is 11.3 Å². The van der Waals surface area contributed by atoms with Gasteiger partial charge in [0.2, 0.25) is 0 Å². The second kappa shape index (κ2) is 4.31. The molecule has 1 fully saturated rings. The Morgan fingerprint density at radius 2 is 1.93 bits per heavy atom. The maximum atomic E-state index is 12.1. The number of thiazole rings is 1. The van der Waals surface area contributed by atoms with Crippen molar-refractivity contribution in [1.82, 2.24) is 9.88 Å². The normalized spacial score (nSPS) is 16.8. The summed E-state index contributed by atoms with van der Waals surface area (Å²) >= 11 is 1.51. The molecule has 0 unspecified atom stereocenters. The zero-order valence-electron chi connectivity index (χ0n) is 9.25. The van der Waals surface area contributed by atoms with E-state index in [2.05, 4.69) is 4.98 Å². The highest BCUT2D eigenvalue weighted by Gasteiger charge is 2.21. The number of likely N-dealkylation sites (tertiary alicyclic amines) is 1. The second-order valence-corrected chi connectivity index (χ2v) is 5.20. The van der Waals surface area contributed by atoms with Crippen molar-refractivity contribution in [3.8, 4) is 0 Å². The van der Waals surface area contributed by atoms with Gasteiger partial charge in [0.25, 0.3) is 5.91 Å². The predicted molar refractivity (Wildman–Crippen MR) is 61.3 cm³/mol. The molecule has 1 aliphatic heterocycles. The smallest absolute Gasteiger partial charge is 0.265 e. The van der Waals surface area contributed by atoms with Crippen molar-refractivity contribution in [3.63, 3.8) is 0 Å². The Hall–Kier alpha value is -0.900. The van der Waals surface area contributed by atoms with Crippen molar-refractivity contribution in [3.05, 3.63) is 15.6 Å². The largest absolute Gasteiger partial charge is 0.338 e. The van der Waals surface area contributed by atoms with Gasteiger partial charge >= 0.3 is 0 Å². The van der Waals surface area contributed by atoms with Crippen LogP contribution in [0.25, 0.3) is 0 Å². The average Bonchev–Trinajstić information content (AvgIpc) is 2.58. The molecule has 0 aliphatic carbocycles. The SMILES string of the molecule is Cc1nc(C)c(C(=O)N2CCCCC2)s1. The molecule has 0 N–H and O–H groups in total. The summed E-state index contributed by atoms with van der Waals surface area (Å²) in [6.07, 6.45) is 3.54. The molecule has 1 aliphatic rings. The zero-order valence-corrected chi connectivity index (χ0v) is 10.1. The van der Waals surface area contributed by atoms with Gasteiger partial charge < -0.3 is 4.90 Å². The minimum atomic E-state index is 0.179. The van der Waals surface area contributed by atoms with Gasteiger partial charge in [0.1, 0.15) is 4.88 Å². The molecule has 0 radical (unpaired) electrons. The van der Waals surface area contributed by atoms with Gasteiger partial charge in [-0.25, -0.2) is 4.98 Å². The lowest BCUT2D eigenvalue weighted by molar-refractivity contribution is 0.0728. The van der Waals surface area contributed by atoms with Gasteiger partial charge in [0.05, 0.1) is 10.7 Å². The highest BCUT2D eigenvalue weighted by atomic mass is 32.1. The van der Waals surface area contributed by atoms with Gasteiger partial charge in [0.15, 0.2) is 0 Å². The van der Waals surface area contributed by atoms with Gasteiger partial charge in [-0.2, -0.15) is 0 Å². The third-order valence-corrected chi connectivity index (χ3v) is 3.80. The molecule has 0 aromatic carbocycles. The van der Waals surface area contributed by atoms with Crippen LogP contribution in [0.1, 0.15) is 39.6 Å². The first-order valence-corrected chi connectivity index (χ1v) is 6.23. The fourth-order valence-corrected chi connectivity index (χ4v) is 2.86. The third-order valence-electron chi connectivity index (χ3n) is 2.74. The van der Waals surface area contributed by atoms with E-state index < -0.39 is 0 Å². The highest BCUT2D eigenvalue weighted by Crippen LogP contribution is 2.21. The molecular formula is C11H16N2OS. The van der Waals surface area contributed by atoms with Gasteiger partial charge in [-0.05, 0) is 33.1 Å². The van der Waals surface area contributed by atoms with E-state index in [1.807, 2.05) is 18.7 Å². The first kappa shape index (κ1) is 10.6. The maximum Gasteiger partial charge on any atom is 0.265 e. The quantitative estimate of drug-likeness (QED) is 0.734. The van der Waals surface area contributed by atoms with Crippen molar-refractivity contribution in [2.75, 3.05) is 13.1 Å². The van der Waals surface area contributed by atoms with E-state index in [4.69, 9.17) is 0 Å². The number of carbonyl (C=O) groups is 1. The van der Waals surface area contributed by atoms with Gasteiger partial charge in [0, 0.05) is 13.1 Å². The lowest BCUT2D eigenvalue weighted by atomic mass is 10.1. The third kappa shape index (κ3) is 2.20. The van der Waals surface area contributed by atoms with E-state index in [-0.39, 0.29) is 5.91 Å². The van der Waals surface area contributed by atoms with Crippen LogP contribution >= 0.6 is 11.3 Å². The number of aromatic nitrogens is 1. The molecule has 3 nitrogen and oxygen atoms in total. The van der Waals surface area contributed by atoms with Crippen LogP contribution in [-0.4, -0.2) is 28.9 Å². The van der Waals surface area contributed by atoms with Crippen molar-refractivity contribution in [1.29, 1.82) is 0 Å². The molecule has 1 aromatic heterocycles. The average molecular weight is 224 g/mol. The first-order valence-electron chi connectivity index (χ1n) is 5.42. The number of hydrogen-bond acceptors (Lipinski definition) is 3. The number of rotatable bonds is 1. The summed E-state index contributed by atoms with van der Waals surface area (Å²) in [4.78, 5) is 19.2. The monoisotopic (exact) mass is 224 g/mol. The Bertz CT molecular complexity index is 367. The van der Waals surface area contributed by atoms with E-state index in [0.717, 1.165) is 41.5 Å². The van der Waals surface area contributed by atoms with E-state index in [9.17, 15) is 4.79 Å². The standard InChI is InChI=1S/C11H16N2OS/c1-8-10(15-9(2)12-8)11(14)13-6-4-3-5-7-13/h3-7H2,1-2H3. The molecule has 1 saturated heterocycles. The Kier molecular flexibility index (Phi) is 3.05. The Morgan fingerprint density at radius 1 is 1.27 bits per heavy atom. The number of piperidine rings is 1. The molecule has 82 valence electrons. The van der Waals surface area contributed by atoms with Crippen LogP contribution < -0.4 is 0 Å².